The number of para-hydroxylation sites is 1. The maximum atomic E-state index is 12.5. The van der Waals surface area contributed by atoms with Gasteiger partial charge >= 0.3 is 0 Å². The zero-order chi connectivity index (χ0) is 23.4. The van der Waals surface area contributed by atoms with Crippen LogP contribution in [0.5, 0.6) is 5.75 Å². The van der Waals surface area contributed by atoms with Gasteiger partial charge in [-0.25, -0.2) is 0 Å². The number of hydrogen-bond donors (Lipinski definition) is 1. The predicted molar refractivity (Wildman–Crippen MR) is 116 cm³/mol. The molecule has 2 aromatic heterocycles. The topological polar surface area (TPSA) is 164 Å². The highest BCUT2D eigenvalue weighted by atomic mass is 32.1. The Morgan fingerprint density at radius 2 is 1.76 bits per heavy atom. The summed E-state index contributed by atoms with van der Waals surface area (Å²) in [5, 5.41) is 32.9. The fraction of sp³-hybridized carbons (Fsp3) is 0.0500. The third-order valence-electron chi connectivity index (χ3n) is 4.29. The van der Waals surface area contributed by atoms with Crippen molar-refractivity contribution in [3.8, 4) is 17.1 Å². The summed E-state index contributed by atoms with van der Waals surface area (Å²) >= 11 is 1.07. The number of carbonyl (C=O) groups excluding carboxylic acids is 1. The quantitative estimate of drug-likeness (QED) is 0.291. The van der Waals surface area contributed by atoms with Crippen LogP contribution in [0, 0.1) is 20.2 Å². The number of benzene rings is 2. The second-order valence-electron chi connectivity index (χ2n) is 6.43. The molecule has 0 atom stereocenters. The summed E-state index contributed by atoms with van der Waals surface area (Å²) in [5.74, 6) is -0.0535. The maximum Gasteiger partial charge on any atom is 0.293 e. The van der Waals surface area contributed by atoms with Gasteiger partial charge in [-0.05, 0) is 30.3 Å². The molecule has 0 aliphatic rings. The number of aromatic nitrogens is 2. The van der Waals surface area contributed by atoms with Crippen LogP contribution in [0.15, 0.2) is 65.1 Å². The van der Waals surface area contributed by atoms with Gasteiger partial charge in [-0.15, -0.1) is 10.2 Å². The number of non-ortho nitro benzene ring substituents is 1. The lowest BCUT2D eigenvalue weighted by molar-refractivity contribution is -0.384. The molecule has 0 fully saturated rings. The number of hydrogen-bond acceptors (Lipinski definition) is 10. The Morgan fingerprint density at radius 1 is 1.00 bits per heavy atom. The van der Waals surface area contributed by atoms with Crippen molar-refractivity contribution in [2.45, 2.75) is 6.61 Å². The van der Waals surface area contributed by atoms with Crippen LogP contribution in [0.4, 0.5) is 16.5 Å². The summed E-state index contributed by atoms with van der Waals surface area (Å²) in [6, 6.07) is 14.5. The molecule has 13 heteroatoms. The highest BCUT2D eigenvalue weighted by molar-refractivity contribution is 7.15. The Hall–Kier alpha value is -4.65. The normalized spacial score (nSPS) is 10.5. The zero-order valence-electron chi connectivity index (χ0n) is 16.5. The smallest absolute Gasteiger partial charge is 0.293 e. The van der Waals surface area contributed by atoms with Crippen molar-refractivity contribution in [1.82, 2.24) is 10.2 Å². The minimum Gasteiger partial charge on any atom is -0.486 e. The number of amides is 1. The summed E-state index contributed by atoms with van der Waals surface area (Å²) < 4.78 is 11.0. The van der Waals surface area contributed by atoms with Gasteiger partial charge in [-0.1, -0.05) is 23.5 Å². The molecule has 0 aliphatic heterocycles. The first-order chi connectivity index (χ1) is 15.9. The second kappa shape index (κ2) is 9.23. The average molecular weight is 467 g/mol. The van der Waals surface area contributed by atoms with E-state index in [1.807, 2.05) is 0 Å². The van der Waals surface area contributed by atoms with Crippen molar-refractivity contribution in [1.29, 1.82) is 0 Å². The number of furan rings is 1. The Morgan fingerprint density at radius 3 is 2.48 bits per heavy atom. The molecule has 0 bridgehead atoms. The van der Waals surface area contributed by atoms with E-state index in [1.165, 1.54) is 54.6 Å². The van der Waals surface area contributed by atoms with Crippen LogP contribution < -0.4 is 10.1 Å². The van der Waals surface area contributed by atoms with E-state index in [1.54, 1.807) is 6.07 Å². The first kappa shape index (κ1) is 21.6. The van der Waals surface area contributed by atoms with Crippen LogP contribution in [0.1, 0.15) is 15.6 Å². The standard InChI is InChI=1S/C20H13N5O7S/c26-19(17-10-9-16(32-17)14-3-1-2-4-15(14)25(29)30)21-20-23-22-18(33-20)11-31-13-7-5-12(6-8-13)24(27)28/h1-10H,11H2,(H,21,23,26). The molecule has 0 unspecified atom stereocenters. The van der Waals surface area contributed by atoms with Crippen LogP contribution in [-0.4, -0.2) is 26.0 Å². The number of nitrogens with zero attached hydrogens (tertiary/aromatic N) is 4. The molecule has 1 amide bonds. The van der Waals surface area contributed by atoms with Crippen LogP contribution in [0.3, 0.4) is 0 Å². The molecule has 4 rings (SSSR count). The van der Waals surface area contributed by atoms with Gasteiger partial charge in [0.05, 0.1) is 15.4 Å². The molecule has 33 heavy (non-hydrogen) atoms. The number of nitro groups is 2. The zero-order valence-corrected chi connectivity index (χ0v) is 17.4. The number of carbonyl (C=O) groups is 1. The molecule has 0 aliphatic carbocycles. The van der Waals surface area contributed by atoms with Crippen LogP contribution in [0.25, 0.3) is 11.3 Å². The lowest BCUT2D eigenvalue weighted by Crippen LogP contribution is -2.10. The predicted octanol–water partition coefficient (Wildman–Crippen LogP) is 4.45. The van der Waals surface area contributed by atoms with Crippen molar-refractivity contribution < 1.29 is 23.8 Å². The van der Waals surface area contributed by atoms with Crippen LogP contribution >= 0.6 is 11.3 Å². The van der Waals surface area contributed by atoms with Crippen LogP contribution in [-0.2, 0) is 6.61 Å². The highest BCUT2D eigenvalue weighted by Gasteiger charge is 2.20. The molecule has 166 valence electrons. The Bertz CT molecular complexity index is 1330. The highest BCUT2D eigenvalue weighted by Crippen LogP contribution is 2.31. The molecule has 12 nitrogen and oxygen atoms in total. The van der Waals surface area contributed by atoms with Gasteiger partial charge in [-0.2, -0.15) is 0 Å². The molecular weight excluding hydrogens is 454 g/mol. The molecule has 4 aromatic rings. The number of nitrogens with one attached hydrogen (secondary N) is 1. The van der Waals surface area contributed by atoms with E-state index < -0.39 is 15.8 Å². The SMILES string of the molecule is O=C(Nc1nnc(COc2ccc([N+](=O)[O-])cc2)s1)c1ccc(-c2ccccc2[N+](=O)[O-])o1. The molecule has 2 aromatic carbocycles. The largest absolute Gasteiger partial charge is 0.486 e. The first-order valence-corrected chi connectivity index (χ1v) is 10.1. The van der Waals surface area contributed by atoms with Crippen molar-refractivity contribution in [3.05, 3.63) is 91.7 Å². The number of nitro benzene ring substituents is 2. The first-order valence-electron chi connectivity index (χ1n) is 9.25. The summed E-state index contributed by atoms with van der Waals surface area (Å²) in [7, 11) is 0. The third-order valence-corrected chi connectivity index (χ3v) is 5.11. The van der Waals surface area contributed by atoms with E-state index in [0.29, 0.717) is 10.8 Å². The number of rotatable bonds is 8. The molecule has 0 saturated carbocycles. The van der Waals surface area contributed by atoms with Crippen molar-refractivity contribution >= 4 is 33.8 Å². The van der Waals surface area contributed by atoms with Gasteiger partial charge in [0.1, 0.15) is 18.1 Å². The fourth-order valence-electron chi connectivity index (χ4n) is 2.78. The second-order valence-corrected chi connectivity index (χ2v) is 7.49. The Kier molecular flexibility index (Phi) is 6.04. The van der Waals surface area contributed by atoms with Gasteiger partial charge in [-0.3, -0.25) is 30.3 Å². The van der Waals surface area contributed by atoms with E-state index >= 15 is 0 Å². The van der Waals surface area contributed by atoms with E-state index in [0.717, 1.165) is 11.3 Å². The fourth-order valence-corrected chi connectivity index (χ4v) is 3.42. The van der Waals surface area contributed by atoms with Gasteiger partial charge in [0.25, 0.3) is 17.3 Å². The lowest BCUT2D eigenvalue weighted by atomic mass is 10.1. The molecule has 0 saturated heterocycles. The van der Waals surface area contributed by atoms with Gasteiger partial charge in [0, 0.05) is 18.2 Å². The minimum atomic E-state index is -0.598. The van der Waals surface area contributed by atoms with E-state index in [9.17, 15) is 25.0 Å². The molecular formula is C20H13N5O7S. The molecule has 0 spiro atoms. The lowest BCUT2D eigenvalue weighted by Gasteiger charge is -2.02. The van der Waals surface area contributed by atoms with Crippen molar-refractivity contribution in [2.75, 3.05) is 5.32 Å². The summed E-state index contributed by atoms with van der Waals surface area (Å²) in [6.45, 7) is 0.0495. The van der Waals surface area contributed by atoms with Gasteiger partial charge < -0.3 is 9.15 Å². The number of anilines is 1. The Labute approximate surface area is 188 Å². The summed E-state index contributed by atoms with van der Waals surface area (Å²) in [4.78, 5) is 33.3. The van der Waals surface area contributed by atoms with Crippen molar-refractivity contribution in [2.24, 2.45) is 0 Å². The number of ether oxygens (including phenoxy) is 1. The van der Waals surface area contributed by atoms with E-state index in [-0.39, 0.29) is 40.2 Å². The monoisotopic (exact) mass is 467 g/mol. The van der Waals surface area contributed by atoms with E-state index in [4.69, 9.17) is 9.15 Å². The summed E-state index contributed by atoms with van der Waals surface area (Å²) in [6.07, 6.45) is 0. The Balaban J connectivity index is 1.38. The van der Waals surface area contributed by atoms with Gasteiger partial charge in [0.2, 0.25) is 5.13 Å². The average Bonchev–Trinajstić information content (AvgIpc) is 3.48. The molecule has 1 N–H and O–H groups in total. The minimum absolute atomic E-state index is 0.0495. The van der Waals surface area contributed by atoms with Gasteiger partial charge in [0.15, 0.2) is 10.8 Å². The molecule has 0 radical (unpaired) electrons. The van der Waals surface area contributed by atoms with Crippen molar-refractivity contribution in [3.63, 3.8) is 0 Å². The third kappa shape index (κ3) is 4.99. The molecule has 2 heterocycles. The van der Waals surface area contributed by atoms with Crippen LogP contribution in [0.2, 0.25) is 0 Å². The van der Waals surface area contributed by atoms with E-state index in [2.05, 4.69) is 15.5 Å². The maximum absolute atomic E-state index is 12.5. The summed E-state index contributed by atoms with van der Waals surface area (Å²) in [5.41, 5.74) is 0.0648.